The SMILES string of the molecule is CC(C)=CN=C(C(=O)CNC(=O)OC(C)(C)C)C(C)C. The number of carbonyl (C=O) groups is 2. The van der Waals surface area contributed by atoms with Crippen molar-refractivity contribution in [2.45, 2.75) is 54.1 Å². The fourth-order valence-corrected chi connectivity index (χ4v) is 1.30. The molecule has 1 N–H and O–H groups in total. The third-order valence-corrected chi connectivity index (χ3v) is 2.09. The Labute approximate surface area is 121 Å². The van der Waals surface area contributed by atoms with E-state index in [4.69, 9.17) is 4.74 Å². The van der Waals surface area contributed by atoms with Crippen molar-refractivity contribution < 1.29 is 14.3 Å². The molecule has 0 aromatic rings. The van der Waals surface area contributed by atoms with Crippen molar-refractivity contribution in [2.24, 2.45) is 10.9 Å². The lowest BCUT2D eigenvalue weighted by atomic mass is 10.0. The maximum Gasteiger partial charge on any atom is 0.408 e. The van der Waals surface area contributed by atoms with Gasteiger partial charge in [0, 0.05) is 6.20 Å². The number of carbonyl (C=O) groups excluding carboxylic acids is 2. The van der Waals surface area contributed by atoms with Crippen LogP contribution in [-0.4, -0.2) is 29.7 Å². The summed E-state index contributed by atoms with van der Waals surface area (Å²) >= 11 is 0. The van der Waals surface area contributed by atoms with E-state index in [0.717, 1.165) is 5.57 Å². The van der Waals surface area contributed by atoms with Crippen LogP contribution in [0.1, 0.15) is 48.5 Å². The molecule has 0 aromatic carbocycles. The number of rotatable bonds is 5. The van der Waals surface area contributed by atoms with Gasteiger partial charge >= 0.3 is 6.09 Å². The van der Waals surface area contributed by atoms with E-state index in [-0.39, 0.29) is 18.2 Å². The Morgan fingerprint density at radius 1 is 1.25 bits per heavy atom. The first kappa shape index (κ1) is 18.4. The topological polar surface area (TPSA) is 67.8 Å². The summed E-state index contributed by atoms with van der Waals surface area (Å²) in [4.78, 5) is 27.7. The van der Waals surface area contributed by atoms with Gasteiger partial charge in [-0.2, -0.15) is 0 Å². The van der Waals surface area contributed by atoms with Crippen LogP contribution in [0.3, 0.4) is 0 Å². The van der Waals surface area contributed by atoms with Crippen LogP contribution in [0.25, 0.3) is 0 Å². The van der Waals surface area contributed by atoms with Crippen LogP contribution >= 0.6 is 0 Å². The summed E-state index contributed by atoms with van der Waals surface area (Å²) in [5, 5.41) is 2.45. The van der Waals surface area contributed by atoms with Crippen LogP contribution < -0.4 is 5.32 Å². The van der Waals surface area contributed by atoms with Crippen molar-refractivity contribution in [3.05, 3.63) is 11.8 Å². The van der Waals surface area contributed by atoms with E-state index in [2.05, 4.69) is 10.3 Å². The summed E-state index contributed by atoms with van der Waals surface area (Å²) in [6.07, 6.45) is 1.05. The van der Waals surface area contributed by atoms with E-state index < -0.39 is 11.7 Å². The molecule has 0 bridgehead atoms. The van der Waals surface area contributed by atoms with E-state index in [1.807, 2.05) is 27.7 Å². The Morgan fingerprint density at radius 2 is 1.80 bits per heavy atom. The molecule has 0 radical (unpaired) electrons. The predicted octanol–water partition coefficient (Wildman–Crippen LogP) is 3.10. The summed E-state index contributed by atoms with van der Waals surface area (Å²) < 4.78 is 5.07. The van der Waals surface area contributed by atoms with E-state index >= 15 is 0 Å². The molecular weight excluding hydrogens is 256 g/mol. The lowest BCUT2D eigenvalue weighted by molar-refractivity contribution is -0.112. The summed E-state index contributed by atoms with van der Waals surface area (Å²) in [5.74, 6) is -0.207. The number of hydrogen-bond donors (Lipinski definition) is 1. The molecule has 0 aliphatic heterocycles. The Hall–Kier alpha value is -1.65. The van der Waals surface area contributed by atoms with Gasteiger partial charge in [0.2, 0.25) is 0 Å². The fraction of sp³-hybridized carbons (Fsp3) is 0.667. The molecule has 5 heteroatoms. The smallest absolute Gasteiger partial charge is 0.408 e. The van der Waals surface area contributed by atoms with Crippen molar-refractivity contribution in [1.29, 1.82) is 0 Å². The molecule has 0 spiro atoms. The van der Waals surface area contributed by atoms with Crippen molar-refractivity contribution >= 4 is 17.6 Å². The average molecular weight is 282 g/mol. The zero-order chi connectivity index (χ0) is 15.9. The Kier molecular flexibility index (Phi) is 7.18. The van der Waals surface area contributed by atoms with Crippen molar-refractivity contribution in [1.82, 2.24) is 5.32 Å². The zero-order valence-corrected chi connectivity index (χ0v) is 13.5. The minimum absolute atomic E-state index is 0.00136. The Morgan fingerprint density at radius 3 is 2.20 bits per heavy atom. The van der Waals surface area contributed by atoms with Crippen LogP contribution in [0.15, 0.2) is 16.8 Å². The maximum absolute atomic E-state index is 12.0. The highest BCUT2D eigenvalue weighted by Crippen LogP contribution is 2.06. The number of allylic oxidation sites excluding steroid dienone is 1. The molecule has 1 amide bonds. The predicted molar refractivity (Wildman–Crippen MR) is 80.9 cm³/mol. The first-order valence-corrected chi connectivity index (χ1v) is 6.74. The van der Waals surface area contributed by atoms with Gasteiger partial charge < -0.3 is 10.1 Å². The molecule has 0 aromatic heterocycles. The first-order chi connectivity index (χ1) is 9.03. The van der Waals surface area contributed by atoms with Gasteiger partial charge in [-0.1, -0.05) is 19.4 Å². The number of hydrogen-bond acceptors (Lipinski definition) is 4. The van der Waals surface area contributed by atoms with E-state index in [9.17, 15) is 9.59 Å². The molecule has 0 aliphatic rings. The molecule has 0 saturated carbocycles. The normalized spacial score (nSPS) is 12.1. The van der Waals surface area contributed by atoms with Crippen LogP contribution in [0.4, 0.5) is 4.79 Å². The van der Waals surface area contributed by atoms with Crippen molar-refractivity contribution in [3.63, 3.8) is 0 Å². The van der Waals surface area contributed by atoms with Gasteiger partial charge in [-0.3, -0.25) is 9.79 Å². The van der Waals surface area contributed by atoms with Gasteiger partial charge in [-0.15, -0.1) is 0 Å². The number of amides is 1. The van der Waals surface area contributed by atoms with E-state index in [1.165, 1.54) is 0 Å². The minimum atomic E-state index is -0.601. The van der Waals surface area contributed by atoms with Gasteiger partial charge in [0.15, 0.2) is 5.78 Å². The number of Topliss-reactive ketones (excluding diaryl/α,β-unsaturated/α-hetero) is 1. The van der Waals surface area contributed by atoms with Gasteiger partial charge in [0.1, 0.15) is 5.60 Å². The quantitative estimate of drug-likeness (QED) is 0.788. The second-order valence-corrected chi connectivity index (χ2v) is 6.15. The lowest BCUT2D eigenvalue weighted by Crippen LogP contribution is -2.38. The molecule has 0 aliphatic carbocycles. The molecule has 0 unspecified atom stereocenters. The second kappa shape index (κ2) is 7.82. The number of nitrogens with one attached hydrogen (secondary N) is 1. The molecule has 20 heavy (non-hydrogen) atoms. The number of ketones is 1. The highest BCUT2D eigenvalue weighted by molar-refractivity contribution is 6.41. The van der Waals surface area contributed by atoms with E-state index in [0.29, 0.717) is 5.71 Å². The molecule has 114 valence electrons. The summed E-state index contributed by atoms with van der Waals surface area (Å²) in [7, 11) is 0. The fourth-order valence-electron chi connectivity index (χ4n) is 1.30. The van der Waals surface area contributed by atoms with Crippen LogP contribution in [0.5, 0.6) is 0 Å². The van der Waals surface area contributed by atoms with Gasteiger partial charge in [-0.25, -0.2) is 4.79 Å². The van der Waals surface area contributed by atoms with Crippen molar-refractivity contribution in [3.8, 4) is 0 Å². The highest BCUT2D eigenvalue weighted by atomic mass is 16.6. The third kappa shape index (κ3) is 8.45. The molecular formula is C15H26N2O3. The van der Waals surface area contributed by atoms with Crippen LogP contribution in [0, 0.1) is 5.92 Å². The molecule has 0 fully saturated rings. The number of aliphatic imine (C=N–C) groups is 1. The van der Waals surface area contributed by atoms with Crippen LogP contribution in [-0.2, 0) is 9.53 Å². The van der Waals surface area contributed by atoms with Gasteiger partial charge in [0.05, 0.1) is 12.3 Å². The van der Waals surface area contributed by atoms with Gasteiger partial charge in [0.25, 0.3) is 0 Å². The summed E-state index contributed by atoms with van der Waals surface area (Å²) in [6, 6.07) is 0. The highest BCUT2D eigenvalue weighted by Gasteiger charge is 2.19. The average Bonchev–Trinajstić information content (AvgIpc) is 2.23. The molecule has 0 saturated heterocycles. The lowest BCUT2D eigenvalue weighted by Gasteiger charge is -2.19. The van der Waals surface area contributed by atoms with Crippen molar-refractivity contribution in [2.75, 3.05) is 6.54 Å². The van der Waals surface area contributed by atoms with Gasteiger partial charge in [-0.05, 0) is 40.5 Å². The van der Waals surface area contributed by atoms with E-state index in [1.54, 1.807) is 27.0 Å². The molecule has 0 rings (SSSR count). The Bertz CT molecular complexity index is 411. The monoisotopic (exact) mass is 282 g/mol. The summed E-state index contributed by atoms with van der Waals surface area (Å²) in [6.45, 7) is 12.8. The maximum atomic E-state index is 12.0. The largest absolute Gasteiger partial charge is 0.444 e. The van der Waals surface area contributed by atoms with Crippen LogP contribution in [0.2, 0.25) is 0 Å². The molecule has 5 nitrogen and oxygen atoms in total. The Balaban J connectivity index is 4.61. The minimum Gasteiger partial charge on any atom is -0.444 e. The number of ether oxygens (including phenoxy) is 1. The first-order valence-electron chi connectivity index (χ1n) is 6.74. The third-order valence-electron chi connectivity index (χ3n) is 2.09. The standard InChI is InChI=1S/C15H26N2O3/c1-10(2)8-16-13(11(3)4)12(18)9-17-14(19)20-15(5,6)7/h8,11H,9H2,1-7H3,(H,17,19). The zero-order valence-electron chi connectivity index (χ0n) is 13.5. The summed E-state index contributed by atoms with van der Waals surface area (Å²) in [5.41, 5.74) is 0.878. The molecule has 0 heterocycles. The number of nitrogens with zero attached hydrogens (tertiary/aromatic N) is 1. The second-order valence-electron chi connectivity index (χ2n) is 6.15. The molecule has 0 atom stereocenters. The number of alkyl carbamates (subject to hydrolysis) is 1.